The first kappa shape index (κ1) is 10.6. The summed E-state index contributed by atoms with van der Waals surface area (Å²) in [7, 11) is 0. The first-order valence-corrected chi connectivity index (χ1v) is 6.48. The van der Waals surface area contributed by atoms with Crippen molar-refractivity contribution in [2.75, 3.05) is 13.1 Å². The predicted molar refractivity (Wildman–Crippen MR) is 68.2 cm³/mol. The minimum atomic E-state index is 0.466. The molecule has 2 heteroatoms. The van der Waals surface area contributed by atoms with Crippen LogP contribution in [0.15, 0.2) is 12.1 Å². The fourth-order valence-electron chi connectivity index (χ4n) is 3.44. The molecule has 0 spiro atoms. The van der Waals surface area contributed by atoms with E-state index in [1.165, 1.54) is 30.5 Å². The lowest BCUT2D eigenvalue weighted by Gasteiger charge is -2.37. The zero-order valence-corrected chi connectivity index (χ0v) is 10.7. The molecule has 1 N–H and O–H groups in total. The van der Waals surface area contributed by atoms with Crippen molar-refractivity contribution in [2.45, 2.75) is 32.6 Å². The third-order valence-corrected chi connectivity index (χ3v) is 5.02. The van der Waals surface area contributed by atoms with Gasteiger partial charge in [0, 0.05) is 24.0 Å². The molecule has 16 heavy (non-hydrogen) atoms. The van der Waals surface area contributed by atoms with Gasteiger partial charge in [0.2, 0.25) is 0 Å². The Morgan fingerprint density at radius 2 is 2.25 bits per heavy atom. The average Bonchev–Trinajstić information content (AvgIpc) is 2.65. The van der Waals surface area contributed by atoms with E-state index in [0.29, 0.717) is 11.3 Å². The molecule has 2 atom stereocenters. The molecule has 0 radical (unpaired) electrons. The van der Waals surface area contributed by atoms with E-state index in [0.717, 1.165) is 11.6 Å². The largest absolute Gasteiger partial charge is 0.316 e. The number of halogens is 1. The molecule has 86 valence electrons. The first-order chi connectivity index (χ1) is 7.62. The van der Waals surface area contributed by atoms with Crippen molar-refractivity contribution < 1.29 is 0 Å². The van der Waals surface area contributed by atoms with Gasteiger partial charge in [-0.2, -0.15) is 0 Å². The summed E-state index contributed by atoms with van der Waals surface area (Å²) in [4.78, 5) is 0. The van der Waals surface area contributed by atoms with Crippen LogP contribution in [-0.2, 0) is 6.42 Å². The highest BCUT2D eigenvalue weighted by atomic mass is 35.5. The van der Waals surface area contributed by atoms with Crippen LogP contribution in [0, 0.1) is 12.3 Å². The molecule has 1 aromatic carbocycles. The summed E-state index contributed by atoms with van der Waals surface area (Å²) in [6.45, 7) is 6.88. The molecule has 1 fully saturated rings. The number of benzene rings is 1. The van der Waals surface area contributed by atoms with Crippen LogP contribution < -0.4 is 5.32 Å². The second-order valence-corrected chi connectivity index (χ2v) is 5.98. The summed E-state index contributed by atoms with van der Waals surface area (Å²) >= 11 is 6.21. The summed E-state index contributed by atoms with van der Waals surface area (Å²) in [5, 5.41) is 4.47. The van der Waals surface area contributed by atoms with Gasteiger partial charge in [-0.3, -0.25) is 0 Å². The molecule has 1 aliphatic carbocycles. The lowest BCUT2D eigenvalue weighted by atomic mass is 9.66. The van der Waals surface area contributed by atoms with Gasteiger partial charge in [0.25, 0.3) is 0 Å². The molecule has 1 saturated heterocycles. The standard InChI is InChI=1S/C14H18ClN/c1-9-10-5-6-14(2)8-16-7-12(14)11(10)3-4-13(9)15/h3-4,12,16H,5-8H2,1-2H3/t12-,14-/m0/s1. The van der Waals surface area contributed by atoms with Crippen LogP contribution in [0.2, 0.25) is 5.02 Å². The zero-order chi connectivity index (χ0) is 11.3. The smallest absolute Gasteiger partial charge is 0.0438 e. The van der Waals surface area contributed by atoms with Gasteiger partial charge in [0.05, 0.1) is 0 Å². The summed E-state index contributed by atoms with van der Waals surface area (Å²) in [5.41, 5.74) is 4.82. The van der Waals surface area contributed by atoms with Crippen molar-refractivity contribution in [1.29, 1.82) is 0 Å². The fraction of sp³-hybridized carbons (Fsp3) is 0.571. The second-order valence-electron chi connectivity index (χ2n) is 5.58. The number of hydrogen-bond donors (Lipinski definition) is 1. The van der Waals surface area contributed by atoms with Gasteiger partial charge < -0.3 is 5.32 Å². The fourth-order valence-corrected chi connectivity index (χ4v) is 3.61. The number of fused-ring (bicyclic) bond motifs is 3. The zero-order valence-electron chi connectivity index (χ0n) is 9.94. The molecule has 2 aliphatic rings. The summed E-state index contributed by atoms with van der Waals surface area (Å²) in [6.07, 6.45) is 2.48. The number of nitrogens with one attached hydrogen (secondary N) is 1. The van der Waals surface area contributed by atoms with E-state index in [9.17, 15) is 0 Å². The maximum Gasteiger partial charge on any atom is 0.0438 e. The Morgan fingerprint density at radius 1 is 1.44 bits per heavy atom. The highest BCUT2D eigenvalue weighted by molar-refractivity contribution is 6.31. The molecular weight excluding hydrogens is 218 g/mol. The molecule has 1 nitrogen and oxygen atoms in total. The Morgan fingerprint density at radius 3 is 3.06 bits per heavy atom. The van der Waals surface area contributed by atoms with Crippen LogP contribution >= 0.6 is 11.6 Å². The van der Waals surface area contributed by atoms with Gasteiger partial charge in [-0.05, 0) is 47.9 Å². The van der Waals surface area contributed by atoms with E-state index < -0.39 is 0 Å². The monoisotopic (exact) mass is 235 g/mol. The van der Waals surface area contributed by atoms with E-state index in [4.69, 9.17) is 11.6 Å². The molecule has 0 saturated carbocycles. The van der Waals surface area contributed by atoms with Gasteiger partial charge in [-0.1, -0.05) is 24.6 Å². The predicted octanol–water partition coefficient (Wildman–Crippen LogP) is 3.29. The molecule has 0 amide bonds. The molecule has 3 rings (SSSR count). The van der Waals surface area contributed by atoms with Crippen molar-refractivity contribution in [3.63, 3.8) is 0 Å². The minimum absolute atomic E-state index is 0.466. The molecule has 0 unspecified atom stereocenters. The number of rotatable bonds is 0. The highest BCUT2D eigenvalue weighted by Gasteiger charge is 2.43. The summed E-state index contributed by atoms with van der Waals surface area (Å²) in [6, 6.07) is 4.32. The van der Waals surface area contributed by atoms with Crippen molar-refractivity contribution in [1.82, 2.24) is 5.32 Å². The molecule has 1 heterocycles. The van der Waals surface area contributed by atoms with Crippen LogP contribution in [0.25, 0.3) is 0 Å². The quantitative estimate of drug-likeness (QED) is 0.728. The SMILES string of the molecule is Cc1c(Cl)ccc2c1CC[C@@]1(C)CNC[C@@H]21. The second kappa shape index (κ2) is 3.48. The highest BCUT2D eigenvalue weighted by Crippen LogP contribution is 2.48. The van der Waals surface area contributed by atoms with E-state index in [2.05, 4.69) is 31.3 Å². The maximum absolute atomic E-state index is 6.21. The summed E-state index contributed by atoms with van der Waals surface area (Å²) < 4.78 is 0. The van der Waals surface area contributed by atoms with E-state index in [-0.39, 0.29) is 0 Å². The minimum Gasteiger partial charge on any atom is -0.316 e. The summed E-state index contributed by atoms with van der Waals surface area (Å²) in [5.74, 6) is 0.687. The van der Waals surface area contributed by atoms with Crippen LogP contribution in [0.5, 0.6) is 0 Å². The van der Waals surface area contributed by atoms with Crippen LogP contribution in [0.1, 0.15) is 36.0 Å². The third kappa shape index (κ3) is 1.34. The molecule has 0 bridgehead atoms. The van der Waals surface area contributed by atoms with Gasteiger partial charge in [-0.15, -0.1) is 0 Å². The maximum atomic E-state index is 6.21. The normalized spacial score (nSPS) is 32.3. The first-order valence-electron chi connectivity index (χ1n) is 6.10. The van der Waals surface area contributed by atoms with Crippen molar-refractivity contribution >= 4 is 11.6 Å². The van der Waals surface area contributed by atoms with Crippen LogP contribution in [-0.4, -0.2) is 13.1 Å². The molecule has 1 aromatic rings. The van der Waals surface area contributed by atoms with Gasteiger partial charge in [0.1, 0.15) is 0 Å². The van der Waals surface area contributed by atoms with Gasteiger partial charge in [0.15, 0.2) is 0 Å². The van der Waals surface area contributed by atoms with Crippen molar-refractivity contribution in [2.24, 2.45) is 5.41 Å². The van der Waals surface area contributed by atoms with E-state index >= 15 is 0 Å². The van der Waals surface area contributed by atoms with Gasteiger partial charge in [-0.25, -0.2) is 0 Å². The Labute approximate surface area is 102 Å². The Kier molecular flexibility index (Phi) is 2.31. The Balaban J connectivity index is 2.14. The Hall–Kier alpha value is -0.530. The van der Waals surface area contributed by atoms with Crippen molar-refractivity contribution in [3.8, 4) is 0 Å². The number of hydrogen-bond acceptors (Lipinski definition) is 1. The van der Waals surface area contributed by atoms with E-state index in [1.54, 1.807) is 5.56 Å². The topological polar surface area (TPSA) is 12.0 Å². The van der Waals surface area contributed by atoms with Crippen LogP contribution in [0.3, 0.4) is 0 Å². The molecular formula is C14H18ClN. The molecule has 0 aromatic heterocycles. The van der Waals surface area contributed by atoms with Crippen molar-refractivity contribution in [3.05, 3.63) is 33.8 Å². The van der Waals surface area contributed by atoms with Crippen LogP contribution in [0.4, 0.5) is 0 Å². The van der Waals surface area contributed by atoms with Gasteiger partial charge >= 0.3 is 0 Å². The third-order valence-electron chi connectivity index (χ3n) is 4.61. The molecule has 1 aliphatic heterocycles. The lowest BCUT2D eigenvalue weighted by molar-refractivity contribution is 0.277. The Bertz CT molecular complexity index is 441. The van der Waals surface area contributed by atoms with E-state index in [1.807, 2.05) is 0 Å². The lowest BCUT2D eigenvalue weighted by Crippen LogP contribution is -2.30. The average molecular weight is 236 g/mol.